The first-order valence-electron chi connectivity index (χ1n) is 9.60. The average molecular weight is 417 g/mol. The van der Waals surface area contributed by atoms with Crippen molar-refractivity contribution < 1.29 is 15.0 Å². The fourth-order valence-electron chi connectivity index (χ4n) is 2.64. The summed E-state index contributed by atoms with van der Waals surface area (Å²) in [5, 5.41) is 29.8. The molecular formula is C23H23N5O3. The van der Waals surface area contributed by atoms with Crippen LogP contribution in [0.1, 0.15) is 11.1 Å². The van der Waals surface area contributed by atoms with Gasteiger partial charge in [-0.25, -0.2) is 0 Å². The lowest BCUT2D eigenvalue weighted by Gasteiger charge is -2.12. The Bertz CT molecular complexity index is 1050. The van der Waals surface area contributed by atoms with E-state index in [1.54, 1.807) is 36.4 Å². The lowest BCUT2D eigenvalue weighted by atomic mass is 10.2. The number of amides is 1. The molecule has 1 amide bonds. The van der Waals surface area contributed by atoms with Crippen LogP contribution in [0, 0.1) is 0 Å². The summed E-state index contributed by atoms with van der Waals surface area (Å²) >= 11 is 0. The number of carbonyl (C=O) groups is 1. The molecule has 0 aliphatic carbocycles. The molecule has 1 unspecified atom stereocenters. The van der Waals surface area contributed by atoms with Crippen molar-refractivity contribution in [3.05, 3.63) is 90.0 Å². The molecule has 0 aliphatic rings. The molecule has 1 atom stereocenters. The van der Waals surface area contributed by atoms with Crippen molar-refractivity contribution in [2.75, 3.05) is 0 Å². The van der Waals surface area contributed by atoms with E-state index in [0.29, 0.717) is 12.2 Å². The molecule has 0 bridgehead atoms. The molecule has 3 rings (SSSR count). The zero-order valence-corrected chi connectivity index (χ0v) is 16.7. The van der Waals surface area contributed by atoms with Crippen LogP contribution < -0.4 is 11.1 Å². The Labute approximate surface area is 179 Å². The summed E-state index contributed by atoms with van der Waals surface area (Å²) in [4.78, 5) is 17.1. The van der Waals surface area contributed by atoms with Crippen LogP contribution in [-0.4, -0.2) is 28.0 Å². The Morgan fingerprint density at radius 1 is 0.871 bits per heavy atom. The molecule has 158 valence electrons. The van der Waals surface area contributed by atoms with E-state index in [1.807, 2.05) is 30.3 Å². The van der Waals surface area contributed by atoms with Crippen LogP contribution in [0.5, 0.6) is 11.5 Å². The normalized spacial score (nSPS) is 12.6. The predicted molar refractivity (Wildman–Crippen MR) is 118 cm³/mol. The van der Waals surface area contributed by atoms with E-state index in [2.05, 4.69) is 20.5 Å². The van der Waals surface area contributed by atoms with Gasteiger partial charge >= 0.3 is 0 Å². The van der Waals surface area contributed by atoms with Crippen molar-refractivity contribution in [2.45, 2.75) is 19.1 Å². The third-order valence-electron chi connectivity index (χ3n) is 4.36. The minimum atomic E-state index is -1.12. The molecule has 5 N–H and O–H groups in total. The van der Waals surface area contributed by atoms with Gasteiger partial charge in [0.25, 0.3) is 5.91 Å². The first-order chi connectivity index (χ1) is 15.0. The predicted octanol–water partition coefficient (Wildman–Crippen LogP) is 3.42. The molecule has 3 aromatic rings. The number of amidine groups is 1. The Hall–Kier alpha value is -4.20. The summed E-state index contributed by atoms with van der Waals surface area (Å²) in [7, 11) is 0. The molecule has 0 aromatic heterocycles. The van der Waals surface area contributed by atoms with Crippen molar-refractivity contribution in [1.29, 1.82) is 0 Å². The second-order valence-electron chi connectivity index (χ2n) is 6.75. The van der Waals surface area contributed by atoms with Gasteiger partial charge in [0.1, 0.15) is 17.3 Å². The van der Waals surface area contributed by atoms with Gasteiger partial charge in [0.05, 0.1) is 12.2 Å². The van der Waals surface area contributed by atoms with Gasteiger partial charge < -0.3 is 21.3 Å². The fourth-order valence-corrected chi connectivity index (χ4v) is 2.64. The van der Waals surface area contributed by atoms with E-state index in [9.17, 15) is 15.0 Å². The summed E-state index contributed by atoms with van der Waals surface area (Å²) in [5.74, 6) is -0.160. The Balaban J connectivity index is 1.76. The Morgan fingerprint density at radius 3 is 2.13 bits per heavy atom. The highest BCUT2D eigenvalue weighted by Gasteiger charge is 2.22. The van der Waals surface area contributed by atoms with Gasteiger partial charge in [-0.05, 0) is 47.5 Å². The third kappa shape index (κ3) is 6.67. The summed E-state index contributed by atoms with van der Waals surface area (Å²) in [6.07, 6.45) is 0. The average Bonchev–Trinajstić information content (AvgIpc) is 2.79. The van der Waals surface area contributed by atoms with E-state index >= 15 is 0 Å². The number of nitrogens with zero attached hydrogens (tertiary/aromatic N) is 3. The van der Waals surface area contributed by atoms with Crippen LogP contribution in [0.2, 0.25) is 0 Å². The van der Waals surface area contributed by atoms with Gasteiger partial charge in [0.15, 0.2) is 0 Å². The molecular weight excluding hydrogens is 394 g/mol. The molecule has 0 fully saturated rings. The number of hydrogen-bond acceptors (Lipinski definition) is 6. The van der Waals surface area contributed by atoms with Gasteiger partial charge in [0, 0.05) is 6.54 Å². The maximum atomic E-state index is 12.8. The summed E-state index contributed by atoms with van der Waals surface area (Å²) in [6.45, 7) is 0.541. The summed E-state index contributed by atoms with van der Waals surface area (Å²) in [5.41, 5.74) is 8.32. The number of nitrogens with two attached hydrogens (primary N) is 1. The van der Waals surface area contributed by atoms with Crippen molar-refractivity contribution >= 4 is 17.4 Å². The zero-order chi connectivity index (χ0) is 22.1. The monoisotopic (exact) mass is 417 g/mol. The molecule has 0 aliphatic heterocycles. The fraction of sp³-hybridized carbons (Fsp3) is 0.130. The highest BCUT2D eigenvalue weighted by molar-refractivity contribution is 6.06. The van der Waals surface area contributed by atoms with Gasteiger partial charge in [-0.2, -0.15) is 10.2 Å². The maximum absolute atomic E-state index is 12.8. The maximum Gasteiger partial charge on any atom is 0.254 e. The zero-order valence-electron chi connectivity index (χ0n) is 16.7. The molecule has 0 saturated carbocycles. The van der Waals surface area contributed by atoms with Crippen molar-refractivity contribution in [1.82, 2.24) is 5.32 Å². The first-order valence-corrected chi connectivity index (χ1v) is 9.60. The van der Waals surface area contributed by atoms with Crippen LogP contribution in [-0.2, 0) is 17.9 Å². The number of nitrogens with one attached hydrogen (secondary N) is 1. The highest BCUT2D eigenvalue weighted by Crippen LogP contribution is 2.17. The number of carbonyl (C=O) groups excluding carboxylic acids is 1. The smallest absolute Gasteiger partial charge is 0.254 e. The highest BCUT2D eigenvalue weighted by atomic mass is 16.3. The first kappa shape index (κ1) is 21.5. The number of hydrogen-bond donors (Lipinski definition) is 4. The quantitative estimate of drug-likeness (QED) is 0.254. The number of azo groups is 1. The van der Waals surface area contributed by atoms with Gasteiger partial charge in [-0.15, -0.1) is 0 Å². The molecule has 31 heavy (non-hydrogen) atoms. The molecule has 0 radical (unpaired) electrons. The SMILES string of the molecule is N/C(=N\Cc1ccc(O)cc1)C(/N=N/c1ccc(O)cc1)C(=O)NCc1ccccc1. The summed E-state index contributed by atoms with van der Waals surface area (Å²) in [6, 6.07) is 21.0. The molecule has 0 heterocycles. The third-order valence-corrected chi connectivity index (χ3v) is 4.36. The van der Waals surface area contributed by atoms with E-state index < -0.39 is 11.9 Å². The van der Waals surface area contributed by atoms with Gasteiger partial charge in [0.2, 0.25) is 6.04 Å². The van der Waals surface area contributed by atoms with E-state index in [-0.39, 0.29) is 23.9 Å². The number of phenols is 2. The van der Waals surface area contributed by atoms with Gasteiger partial charge in [-0.3, -0.25) is 9.79 Å². The standard InChI is InChI=1S/C23H23N5O3/c24-22(25-14-17-6-10-19(29)11-7-17)21(28-27-18-8-12-20(30)13-9-18)23(31)26-15-16-4-2-1-3-5-16/h1-13,21,29-30H,14-15H2,(H2,24,25)(H,26,31)/b28-27+. The largest absolute Gasteiger partial charge is 0.508 e. The minimum Gasteiger partial charge on any atom is -0.508 e. The topological polar surface area (TPSA) is 133 Å². The lowest BCUT2D eigenvalue weighted by molar-refractivity contribution is -0.121. The van der Waals surface area contributed by atoms with Crippen molar-refractivity contribution in [3.63, 3.8) is 0 Å². The second kappa shape index (κ2) is 10.5. The van der Waals surface area contributed by atoms with Crippen molar-refractivity contribution in [2.24, 2.45) is 21.0 Å². The lowest BCUT2D eigenvalue weighted by Crippen LogP contribution is -2.42. The number of phenolic OH excluding ortho intramolecular Hbond substituents is 2. The van der Waals surface area contributed by atoms with E-state index in [0.717, 1.165) is 11.1 Å². The molecule has 8 heteroatoms. The van der Waals surface area contributed by atoms with Crippen LogP contribution >= 0.6 is 0 Å². The molecule has 8 nitrogen and oxygen atoms in total. The molecule has 3 aromatic carbocycles. The Kier molecular flexibility index (Phi) is 7.31. The van der Waals surface area contributed by atoms with E-state index in [1.165, 1.54) is 12.1 Å². The molecule has 0 spiro atoms. The summed E-state index contributed by atoms with van der Waals surface area (Å²) < 4.78 is 0. The van der Waals surface area contributed by atoms with Crippen LogP contribution in [0.4, 0.5) is 5.69 Å². The van der Waals surface area contributed by atoms with Crippen LogP contribution in [0.15, 0.2) is 94.1 Å². The second-order valence-corrected chi connectivity index (χ2v) is 6.75. The number of benzene rings is 3. The number of rotatable bonds is 8. The van der Waals surface area contributed by atoms with Gasteiger partial charge in [-0.1, -0.05) is 42.5 Å². The van der Waals surface area contributed by atoms with Crippen LogP contribution in [0.25, 0.3) is 0 Å². The number of aliphatic imine (C=N–C) groups is 1. The minimum absolute atomic E-state index is 0.0150. The van der Waals surface area contributed by atoms with Crippen LogP contribution in [0.3, 0.4) is 0 Å². The molecule has 0 saturated heterocycles. The van der Waals surface area contributed by atoms with E-state index in [4.69, 9.17) is 5.73 Å². The Morgan fingerprint density at radius 2 is 1.48 bits per heavy atom. The number of aromatic hydroxyl groups is 2. The van der Waals surface area contributed by atoms with Crippen molar-refractivity contribution in [3.8, 4) is 11.5 Å².